The second-order valence-corrected chi connectivity index (χ2v) is 13.8. The van der Waals surface area contributed by atoms with E-state index in [4.69, 9.17) is 28.3 Å². The lowest BCUT2D eigenvalue weighted by Gasteiger charge is -2.30. The molecule has 6 aromatic carbocycles. The van der Waals surface area contributed by atoms with Crippen LogP contribution in [0.25, 0.3) is 78.5 Å². The van der Waals surface area contributed by atoms with E-state index in [1.165, 1.54) is 0 Å². The maximum absolute atomic E-state index is 6.39. The lowest BCUT2D eigenvalue weighted by molar-refractivity contribution is 0.122. The van der Waals surface area contributed by atoms with Gasteiger partial charge in [-0.2, -0.15) is 0 Å². The molecule has 10 rings (SSSR count). The summed E-state index contributed by atoms with van der Waals surface area (Å²) < 4.78 is 24.1. The van der Waals surface area contributed by atoms with Gasteiger partial charge in [-0.3, -0.25) is 0 Å². The molecule has 2 saturated heterocycles. The van der Waals surface area contributed by atoms with E-state index in [0.717, 1.165) is 104 Å². The SMILES string of the molecule is c1ccc(-c2cc3nc(-c4ccc(-c5ccc(-c6nc7cc(-c8ccccc8)c(N8CCOCC8)cc7o6)cc5)cc4)oc3cc2N2CCOCC2)cc1. The van der Waals surface area contributed by atoms with Crippen molar-refractivity contribution in [2.45, 2.75) is 0 Å². The zero-order chi connectivity index (χ0) is 35.8. The van der Waals surface area contributed by atoms with Crippen LogP contribution in [0.2, 0.25) is 0 Å². The molecule has 8 aromatic rings. The fourth-order valence-corrected chi connectivity index (χ4v) is 7.61. The van der Waals surface area contributed by atoms with Gasteiger partial charge in [-0.05, 0) is 58.7 Å². The molecule has 8 heteroatoms. The quantitative estimate of drug-likeness (QED) is 0.162. The highest BCUT2D eigenvalue weighted by Gasteiger charge is 2.21. The van der Waals surface area contributed by atoms with Crippen LogP contribution in [0, 0.1) is 0 Å². The molecule has 2 aromatic heterocycles. The molecule has 0 radical (unpaired) electrons. The molecule has 0 bridgehead atoms. The first-order valence-corrected chi connectivity index (χ1v) is 18.6. The van der Waals surface area contributed by atoms with Gasteiger partial charge in [0.05, 0.1) is 26.4 Å². The standard InChI is InChI=1S/C46H38N4O4/c1-3-7-33(8-4-1)37-27-39-43(29-41(37)49-19-23-51-24-20-49)53-45(47-39)35-15-11-31(12-16-35)32-13-17-36(18-14-32)46-48-40-28-38(34-9-5-2-6-10-34)42(30-44(40)54-46)50-21-25-52-26-22-50/h1-18,27-30H,19-26H2. The summed E-state index contributed by atoms with van der Waals surface area (Å²) in [6.45, 7) is 6.23. The Kier molecular flexibility index (Phi) is 8.39. The predicted molar refractivity (Wildman–Crippen MR) is 215 cm³/mol. The number of oxazole rings is 2. The molecule has 0 unspecified atom stereocenters. The molecule has 0 amide bonds. The Morgan fingerprint density at radius 2 is 0.759 bits per heavy atom. The van der Waals surface area contributed by atoms with Crippen molar-refractivity contribution in [2.24, 2.45) is 0 Å². The van der Waals surface area contributed by atoms with Crippen molar-refractivity contribution in [3.8, 4) is 56.3 Å². The van der Waals surface area contributed by atoms with E-state index in [9.17, 15) is 0 Å². The largest absolute Gasteiger partial charge is 0.436 e. The Balaban J connectivity index is 0.919. The molecule has 0 aliphatic carbocycles. The third-order valence-electron chi connectivity index (χ3n) is 10.5. The van der Waals surface area contributed by atoms with Crippen LogP contribution >= 0.6 is 0 Å². The number of benzene rings is 6. The van der Waals surface area contributed by atoms with Gasteiger partial charge < -0.3 is 28.1 Å². The summed E-state index contributed by atoms with van der Waals surface area (Å²) in [5.41, 5.74) is 14.2. The summed E-state index contributed by atoms with van der Waals surface area (Å²) in [6, 6.07) is 46.3. The van der Waals surface area contributed by atoms with E-state index in [1.807, 2.05) is 12.1 Å². The number of ether oxygens (including phenoxy) is 2. The topological polar surface area (TPSA) is 77.0 Å². The van der Waals surface area contributed by atoms with Gasteiger partial charge in [0, 0.05) is 71.9 Å². The molecule has 2 aliphatic heterocycles. The van der Waals surface area contributed by atoms with Crippen LogP contribution in [0.1, 0.15) is 0 Å². The zero-order valence-corrected chi connectivity index (χ0v) is 29.8. The van der Waals surface area contributed by atoms with E-state index >= 15 is 0 Å². The van der Waals surface area contributed by atoms with Crippen molar-refractivity contribution in [2.75, 3.05) is 62.4 Å². The van der Waals surface area contributed by atoms with Gasteiger partial charge in [0.1, 0.15) is 11.0 Å². The van der Waals surface area contributed by atoms with Crippen molar-refractivity contribution < 1.29 is 18.3 Å². The van der Waals surface area contributed by atoms with E-state index < -0.39 is 0 Å². The molecule has 266 valence electrons. The first kappa shape index (κ1) is 32.4. The predicted octanol–water partition coefficient (Wildman–Crippen LogP) is 9.98. The molecular weight excluding hydrogens is 673 g/mol. The number of morpholine rings is 2. The monoisotopic (exact) mass is 710 g/mol. The van der Waals surface area contributed by atoms with Crippen molar-refractivity contribution in [1.29, 1.82) is 0 Å². The Morgan fingerprint density at radius 3 is 1.15 bits per heavy atom. The Labute approximate surface area is 313 Å². The van der Waals surface area contributed by atoms with Crippen LogP contribution in [0.5, 0.6) is 0 Å². The van der Waals surface area contributed by atoms with Gasteiger partial charge >= 0.3 is 0 Å². The molecule has 0 N–H and O–H groups in total. The summed E-state index contributed by atoms with van der Waals surface area (Å²) in [6.07, 6.45) is 0. The third-order valence-corrected chi connectivity index (χ3v) is 10.5. The first-order chi connectivity index (χ1) is 26.7. The number of aromatic nitrogens is 2. The Morgan fingerprint density at radius 1 is 0.389 bits per heavy atom. The summed E-state index contributed by atoms with van der Waals surface area (Å²) in [4.78, 5) is 14.6. The van der Waals surface area contributed by atoms with E-state index in [0.29, 0.717) is 38.2 Å². The van der Waals surface area contributed by atoms with E-state index in [1.54, 1.807) is 0 Å². The van der Waals surface area contributed by atoms with Crippen LogP contribution in [-0.2, 0) is 9.47 Å². The van der Waals surface area contributed by atoms with Crippen molar-refractivity contribution >= 4 is 33.6 Å². The zero-order valence-electron chi connectivity index (χ0n) is 29.8. The highest BCUT2D eigenvalue weighted by Crippen LogP contribution is 2.39. The maximum atomic E-state index is 6.39. The minimum absolute atomic E-state index is 0.605. The second kappa shape index (κ2) is 14.0. The van der Waals surface area contributed by atoms with Crippen LogP contribution in [0.3, 0.4) is 0 Å². The fraction of sp³-hybridized carbons (Fsp3) is 0.174. The third kappa shape index (κ3) is 6.19. The lowest BCUT2D eigenvalue weighted by Crippen LogP contribution is -2.36. The van der Waals surface area contributed by atoms with Crippen LogP contribution in [0.15, 0.2) is 142 Å². The van der Waals surface area contributed by atoms with Gasteiger partial charge in [0.25, 0.3) is 0 Å². The van der Waals surface area contributed by atoms with Crippen LogP contribution in [0.4, 0.5) is 11.4 Å². The number of anilines is 2. The first-order valence-electron chi connectivity index (χ1n) is 18.6. The smallest absolute Gasteiger partial charge is 0.227 e. The molecule has 4 heterocycles. The van der Waals surface area contributed by atoms with Crippen LogP contribution in [-0.4, -0.2) is 62.6 Å². The number of nitrogens with zero attached hydrogens (tertiary/aromatic N) is 4. The minimum Gasteiger partial charge on any atom is -0.436 e. The van der Waals surface area contributed by atoms with Crippen molar-refractivity contribution in [3.63, 3.8) is 0 Å². The van der Waals surface area contributed by atoms with Gasteiger partial charge in [-0.15, -0.1) is 0 Å². The van der Waals surface area contributed by atoms with Gasteiger partial charge in [-0.25, -0.2) is 9.97 Å². The fourth-order valence-electron chi connectivity index (χ4n) is 7.61. The molecule has 0 spiro atoms. The van der Waals surface area contributed by atoms with Crippen molar-refractivity contribution in [3.05, 3.63) is 133 Å². The molecule has 8 nitrogen and oxygen atoms in total. The summed E-state index contributed by atoms with van der Waals surface area (Å²) >= 11 is 0. The molecular formula is C46H38N4O4. The van der Waals surface area contributed by atoms with Gasteiger partial charge in [-0.1, -0.05) is 84.9 Å². The summed E-state index contributed by atoms with van der Waals surface area (Å²) in [7, 11) is 0. The molecule has 2 aliphatic rings. The molecule has 0 atom stereocenters. The van der Waals surface area contributed by atoms with E-state index in [2.05, 4.69) is 131 Å². The highest BCUT2D eigenvalue weighted by molar-refractivity contribution is 5.93. The highest BCUT2D eigenvalue weighted by atomic mass is 16.5. The summed E-state index contributed by atoms with van der Waals surface area (Å²) in [5, 5.41) is 0. The average Bonchev–Trinajstić information content (AvgIpc) is 3.88. The number of hydrogen-bond acceptors (Lipinski definition) is 8. The number of hydrogen-bond donors (Lipinski definition) is 0. The normalized spacial score (nSPS) is 15.0. The molecule has 54 heavy (non-hydrogen) atoms. The molecule has 2 fully saturated rings. The lowest BCUT2D eigenvalue weighted by atomic mass is 10.0. The molecule has 0 saturated carbocycles. The summed E-state index contributed by atoms with van der Waals surface area (Å²) in [5.74, 6) is 1.21. The van der Waals surface area contributed by atoms with Crippen molar-refractivity contribution in [1.82, 2.24) is 9.97 Å². The van der Waals surface area contributed by atoms with E-state index in [-0.39, 0.29) is 0 Å². The Hall–Kier alpha value is -6.22. The maximum Gasteiger partial charge on any atom is 0.227 e. The number of fused-ring (bicyclic) bond motifs is 2. The van der Waals surface area contributed by atoms with Gasteiger partial charge in [0.2, 0.25) is 11.8 Å². The van der Waals surface area contributed by atoms with Crippen LogP contribution < -0.4 is 9.80 Å². The van der Waals surface area contributed by atoms with Gasteiger partial charge in [0.15, 0.2) is 11.2 Å². The number of rotatable bonds is 7. The average molecular weight is 711 g/mol. The minimum atomic E-state index is 0.605. The Bertz CT molecular complexity index is 2370. The second-order valence-electron chi connectivity index (χ2n) is 13.8.